The molecule has 5 heteroatoms. The van der Waals surface area contributed by atoms with Crippen LogP contribution in [0.15, 0.2) is 4.34 Å². The number of thioether (sulfide) groups is 1. The Kier molecular flexibility index (Phi) is 3.24. The van der Waals surface area contributed by atoms with Crippen molar-refractivity contribution in [2.24, 2.45) is 0 Å². The molecule has 0 aliphatic carbocycles. The van der Waals surface area contributed by atoms with Crippen molar-refractivity contribution in [3.8, 4) is 0 Å². The molecule has 0 unspecified atom stereocenters. The second kappa shape index (κ2) is 4.00. The maximum Gasteiger partial charge on any atom is 0.174 e. The summed E-state index contributed by atoms with van der Waals surface area (Å²) in [5.74, 6) is 0.837. The van der Waals surface area contributed by atoms with Crippen LogP contribution in [-0.4, -0.2) is 21.3 Å². The van der Waals surface area contributed by atoms with Gasteiger partial charge in [-0.25, -0.2) is 0 Å². The predicted molar refractivity (Wildman–Crippen MR) is 49.0 cm³/mol. The van der Waals surface area contributed by atoms with Crippen molar-refractivity contribution >= 4 is 40.7 Å². The van der Waals surface area contributed by atoms with Crippen molar-refractivity contribution in [1.82, 2.24) is 10.2 Å². The van der Waals surface area contributed by atoms with Crippen LogP contribution in [0.4, 0.5) is 0 Å². The average molecular weight is 190 g/mol. The van der Waals surface area contributed by atoms with Gasteiger partial charge < -0.3 is 0 Å². The van der Waals surface area contributed by atoms with Gasteiger partial charge in [-0.05, 0) is 12.3 Å². The largest absolute Gasteiger partial charge is 0.174 e. The van der Waals surface area contributed by atoms with Gasteiger partial charge in [0.15, 0.2) is 4.34 Å². The predicted octanol–water partition coefficient (Wildman–Crippen LogP) is 1.94. The van der Waals surface area contributed by atoms with Crippen LogP contribution in [0, 0.1) is 6.92 Å². The maximum absolute atomic E-state index is 4.67. The molecular formula is C5H6N2S3. The molecule has 0 spiro atoms. The van der Waals surface area contributed by atoms with Gasteiger partial charge in [-0.15, -0.1) is 10.2 Å². The normalized spacial score (nSPS) is 9.70. The number of hydrogen-bond acceptors (Lipinski definition) is 5. The Balaban J connectivity index is 2.49. The molecular weight excluding hydrogens is 184 g/mol. The first-order chi connectivity index (χ1) is 4.83. The van der Waals surface area contributed by atoms with Crippen LogP contribution in [0.5, 0.6) is 0 Å². The van der Waals surface area contributed by atoms with Crippen molar-refractivity contribution < 1.29 is 0 Å². The molecule has 0 aliphatic heterocycles. The van der Waals surface area contributed by atoms with E-state index >= 15 is 0 Å². The summed E-state index contributed by atoms with van der Waals surface area (Å²) in [6, 6.07) is 0. The van der Waals surface area contributed by atoms with E-state index in [1.54, 1.807) is 28.5 Å². The van der Waals surface area contributed by atoms with Crippen molar-refractivity contribution in [2.75, 3.05) is 5.75 Å². The Morgan fingerprint density at radius 1 is 1.70 bits per heavy atom. The first-order valence-corrected chi connectivity index (χ1v) is 4.97. The first kappa shape index (κ1) is 8.10. The fourth-order valence-corrected chi connectivity index (χ4v) is 2.17. The molecule has 1 rings (SSSR count). The molecule has 1 aromatic rings. The van der Waals surface area contributed by atoms with E-state index in [0.717, 1.165) is 15.1 Å². The zero-order valence-electron chi connectivity index (χ0n) is 5.40. The van der Waals surface area contributed by atoms with Gasteiger partial charge in [-0.1, -0.05) is 35.3 Å². The highest BCUT2D eigenvalue weighted by Gasteiger charge is 1.97. The van der Waals surface area contributed by atoms with E-state index in [1.807, 2.05) is 6.92 Å². The van der Waals surface area contributed by atoms with Gasteiger partial charge >= 0.3 is 0 Å². The number of rotatable bonds is 3. The SMILES string of the molecule is Cc1nnc(SCC=S)s1. The van der Waals surface area contributed by atoms with Gasteiger partial charge in [0, 0.05) is 5.75 Å². The molecule has 0 atom stereocenters. The number of hydrogen-bond donors (Lipinski definition) is 0. The lowest BCUT2D eigenvalue weighted by Crippen LogP contribution is -1.75. The van der Waals surface area contributed by atoms with Gasteiger partial charge in [0.25, 0.3) is 0 Å². The first-order valence-electron chi connectivity index (χ1n) is 2.69. The van der Waals surface area contributed by atoms with E-state index in [4.69, 9.17) is 0 Å². The Morgan fingerprint density at radius 2 is 2.50 bits per heavy atom. The van der Waals surface area contributed by atoms with Gasteiger partial charge in [0.2, 0.25) is 0 Å². The summed E-state index contributed by atoms with van der Waals surface area (Å²) in [4.78, 5) is 0. The third-order valence-electron chi connectivity index (χ3n) is 0.782. The molecule has 10 heavy (non-hydrogen) atoms. The Labute approximate surface area is 73.1 Å². The minimum Gasteiger partial charge on any atom is -0.143 e. The van der Waals surface area contributed by atoms with Crippen LogP contribution in [0.2, 0.25) is 0 Å². The number of aromatic nitrogens is 2. The topological polar surface area (TPSA) is 25.8 Å². The monoisotopic (exact) mass is 190 g/mol. The minimum absolute atomic E-state index is 0.837. The maximum atomic E-state index is 4.67. The summed E-state index contributed by atoms with van der Waals surface area (Å²) in [7, 11) is 0. The quantitative estimate of drug-likeness (QED) is 0.537. The number of nitrogens with zero attached hydrogens (tertiary/aromatic N) is 2. The zero-order chi connectivity index (χ0) is 7.40. The number of aryl methyl sites for hydroxylation is 1. The van der Waals surface area contributed by atoms with E-state index in [-0.39, 0.29) is 0 Å². The van der Waals surface area contributed by atoms with E-state index < -0.39 is 0 Å². The lowest BCUT2D eigenvalue weighted by molar-refractivity contribution is 0.985. The molecule has 0 N–H and O–H groups in total. The molecule has 0 radical (unpaired) electrons. The second-order valence-electron chi connectivity index (χ2n) is 1.56. The third kappa shape index (κ3) is 2.32. The van der Waals surface area contributed by atoms with Gasteiger partial charge in [-0.2, -0.15) is 0 Å². The fourth-order valence-electron chi connectivity index (χ4n) is 0.442. The standard InChI is InChI=1S/C5H6N2S3/c1-4-6-7-5(10-4)9-3-2-8/h2H,3H2,1H3. The van der Waals surface area contributed by atoms with Crippen LogP contribution in [0.25, 0.3) is 0 Å². The summed E-state index contributed by atoms with van der Waals surface area (Å²) >= 11 is 7.90. The molecule has 0 fully saturated rings. The molecule has 0 saturated carbocycles. The Morgan fingerprint density at radius 3 is 3.00 bits per heavy atom. The van der Waals surface area contributed by atoms with Crippen LogP contribution in [0.3, 0.4) is 0 Å². The summed E-state index contributed by atoms with van der Waals surface area (Å²) in [5, 5.41) is 10.5. The minimum atomic E-state index is 0.837. The zero-order valence-corrected chi connectivity index (χ0v) is 7.85. The molecule has 2 nitrogen and oxygen atoms in total. The molecule has 0 aliphatic rings. The number of thiocarbonyl (C=S) groups is 1. The third-order valence-corrected chi connectivity index (χ3v) is 3.06. The molecule has 1 heterocycles. The van der Waals surface area contributed by atoms with Gasteiger partial charge in [0.1, 0.15) is 5.01 Å². The van der Waals surface area contributed by atoms with Crippen molar-refractivity contribution in [1.29, 1.82) is 0 Å². The molecule has 1 aromatic heterocycles. The van der Waals surface area contributed by atoms with Crippen molar-refractivity contribution in [3.05, 3.63) is 5.01 Å². The van der Waals surface area contributed by atoms with E-state index in [2.05, 4.69) is 22.4 Å². The summed E-state index contributed by atoms with van der Waals surface area (Å²) in [5.41, 5.74) is 0. The van der Waals surface area contributed by atoms with Crippen LogP contribution >= 0.6 is 35.3 Å². The van der Waals surface area contributed by atoms with E-state index in [1.165, 1.54) is 0 Å². The van der Waals surface area contributed by atoms with E-state index in [9.17, 15) is 0 Å². The summed E-state index contributed by atoms with van der Waals surface area (Å²) < 4.78 is 0.999. The lowest BCUT2D eigenvalue weighted by atomic mass is 10.9. The lowest BCUT2D eigenvalue weighted by Gasteiger charge is -1.83. The van der Waals surface area contributed by atoms with Crippen molar-refractivity contribution in [3.63, 3.8) is 0 Å². The fraction of sp³-hybridized carbons (Fsp3) is 0.400. The van der Waals surface area contributed by atoms with Gasteiger partial charge in [-0.3, -0.25) is 0 Å². The van der Waals surface area contributed by atoms with Crippen molar-refractivity contribution in [2.45, 2.75) is 11.3 Å². The highest BCUT2D eigenvalue weighted by atomic mass is 32.2. The summed E-state index contributed by atoms with van der Waals surface area (Å²) in [6.45, 7) is 1.94. The van der Waals surface area contributed by atoms with Crippen LogP contribution in [-0.2, 0) is 0 Å². The molecule has 0 aromatic carbocycles. The Hall–Kier alpha value is -0.0000000000000000555. The smallest absolute Gasteiger partial charge is 0.143 e. The van der Waals surface area contributed by atoms with Crippen LogP contribution < -0.4 is 0 Å². The highest BCUT2D eigenvalue weighted by Crippen LogP contribution is 2.20. The van der Waals surface area contributed by atoms with Crippen LogP contribution in [0.1, 0.15) is 5.01 Å². The average Bonchev–Trinajstić information content (AvgIpc) is 2.31. The second-order valence-corrected chi connectivity index (χ2v) is 4.35. The Bertz CT molecular complexity index is 220. The molecule has 0 bridgehead atoms. The van der Waals surface area contributed by atoms with Gasteiger partial charge in [0.05, 0.1) is 0 Å². The highest BCUT2D eigenvalue weighted by molar-refractivity contribution is 8.02. The molecule has 54 valence electrons. The molecule has 0 amide bonds. The molecule has 0 saturated heterocycles. The van der Waals surface area contributed by atoms with E-state index in [0.29, 0.717) is 0 Å². The summed E-state index contributed by atoms with van der Waals surface area (Å²) in [6.07, 6.45) is 0.